The maximum Gasteiger partial charge on any atom is 0.0575 e. The zero-order chi connectivity index (χ0) is 13.3. The molecule has 0 aromatic rings. The van der Waals surface area contributed by atoms with Crippen molar-refractivity contribution in [2.24, 2.45) is 0 Å². The summed E-state index contributed by atoms with van der Waals surface area (Å²) in [4.78, 5) is 2.57. The minimum Gasteiger partial charge on any atom is -0.393 e. The molecule has 0 aromatic heterocycles. The molecule has 1 saturated heterocycles. The third-order valence-electron chi connectivity index (χ3n) is 4.24. The molecule has 2 unspecified atom stereocenters. The van der Waals surface area contributed by atoms with Crippen LogP contribution in [0.3, 0.4) is 0 Å². The maximum atomic E-state index is 10.1. The van der Waals surface area contributed by atoms with Crippen LogP contribution >= 0.6 is 0 Å². The monoisotopic (exact) mass is 239 g/mol. The molecule has 0 spiro atoms. The maximum absolute atomic E-state index is 10.1. The number of nitrogens with zero attached hydrogens (tertiary/aromatic N) is 1. The van der Waals surface area contributed by atoms with Crippen LogP contribution in [0.2, 0.25) is 0 Å². The Morgan fingerprint density at radius 2 is 1.88 bits per heavy atom. The molecular formula is C15H29NO. The highest BCUT2D eigenvalue weighted by atomic mass is 16.3. The number of rotatable bonds is 3. The standard InChI is InChI=1S/C15H29NO/c1-7-15(6)11-13(17)10-14(4,5)16(15)9-8-12(2)3/h8,13,17H,7,9-11H2,1-6H3. The molecule has 1 fully saturated rings. The molecule has 1 aliphatic rings. The topological polar surface area (TPSA) is 23.5 Å². The van der Waals surface area contributed by atoms with Gasteiger partial charge in [-0.15, -0.1) is 0 Å². The van der Waals surface area contributed by atoms with Gasteiger partial charge in [0.05, 0.1) is 6.10 Å². The number of aliphatic hydroxyl groups excluding tert-OH is 1. The van der Waals surface area contributed by atoms with Crippen molar-refractivity contribution in [2.75, 3.05) is 6.54 Å². The first-order valence-corrected chi connectivity index (χ1v) is 6.80. The molecule has 1 rings (SSSR count). The molecule has 0 radical (unpaired) electrons. The van der Waals surface area contributed by atoms with Crippen LogP contribution in [0.25, 0.3) is 0 Å². The highest BCUT2D eigenvalue weighted by Gasteiger charge is 2.45. The summed E-state index contributed by atoms with van der Waals surface area (Å²) in [6.07, 6.45) is 5.00. The highest BCUT2D eigenvalue weighted by Crippen LogP contribution is 2.40. The number of piperidine rings is 1. The van der Waals surface area contributed by atoms with Gasteiger partial charge in [0.1, 0.15) is 0 Å². The second kappa shape index (κ2) is 5.11. The SMILES string of the molecule is CCC1(C)CC(O)CC(C)(C)N1CC=C(C)C. The first kappa shape index (κ1) is 14.7. The summed E-state index contributed by atoms with van der Waals surface area (Å²) in [5, 5.41) is 10.1. The average Bonchev–Trinajstić information content (AvgIpc) is 2.14. The van der Waals surface area contributed by atoms with Gasteiger partial charge in [-0.25, -0.2) is 0 Å². The predicted molar refractivity (Wildman–Crippen MR) is 74.2 cm³/mol. The summed E-state index contributed by atoms with van der Waals surface area (Å²) in [7, 11) is 0. The van der Waals surface area contributed by atoms with E-state index >= 15 is 0 Å². The van der Waals surface area contributed by atoms with Crippen LogP contribution in [-0.2, 0) is 0 Å². The summed E-state index contributed by atoms with van der Waals surface area (Å²) in [5.74, 6) is 0. The smallest absolute Gasteiger partial charge is 0.0575 e. The number of aliphatic hydroxyl groups is 1. The molecule has 1 N–H and O–H groups in total. The van der Waals surface area contributed by atoms with Crippen molar-refractivity contribution in [1.29, 1.82) is 0 Å². The minimum absolute atomic E-state index is 0.0778. The molecule has 17 heavy (non-hydrogen) atoms. The fourth-order valence-electron chi connectivity index (χ4n) is 3.18. The molecule has 2 atom stereocenters. The van der Waals surface area contributed by atoms with Gasteiger partial charge in [0.15, 0.2) is 0 Å². The van der Waals surface area contributed by atoms with Crippen molar-refractivity contribution in [3.8, 4) is 0 Å². The van der Waals surface area contributed by atoms with Crippen LogP contribution in [0.5, 0.6) is 0 Å². The first-order valence-electron chi connectivity index (χ1n) is 6.80. The third kappa shape index (κ3) is 3.32. The number of hydrogen-bond acceptors (Lipinski definition) is 2. The van der Waals surface area contributed by atoms with E-state index < -0.39 is 0 Å². The predicted octanol–water partition coefficient (Wildman–Crippen LogP) is 3.36. The van der Waals surface area contributed by atoms with Crippen LogP contribution in [0.4, 0.5) is 0 Å². The molecule has 0 aromatic carbocycles. The van der Waals surface area contributed by atoms with Gasteiger partial charge in [0.2, 0.25) is 0 Å². The Morgan fingerprint density at radius 1 is 1.29 bits per heavy atom. The first-order chi connectivity index (χ1) is 7.71. The third-order valence-corrected chi connectivity index (χ3v) is 4.24. The Hall–Kier alpha value is -0.340. The molecule has 2 heteroatoms. The summed E-state index contributed by atoms with van der Waals surface area (Å²) in [5.41, 5.74) is 1.56. The van der Waals surface area contributed by atoms with Crippen LogP contribution in [0.1, 0.15) is 60.8 Å². The molecule has 1 aliphatic heterocycles. The van der Waals surface area contributed by atoms with Crippen molar-refractivity contribution in [3.63, 3.8) is 0 Å². The van der Waals surface area contributed by atoms with E-state index in [1.54, 1.807) is 0 Å². The van der Waals surface area contributed by atoms with E-state index in [0.29, 0.717) is 0 Å². The fourth-order valence-corrected chi connectivity index (χ4v) is 3.18. The zero-order valence-corrected chi connectivity index (χ0v) is 12.4. The number of likely N-dealkylation sites (tertiary alicyclic amines) is 1. The Kier molecular flexibility index (Phi) is 4.43. The van der Waals surface area contributed by atoms with E-state index in [0.717, 1.165) is 25.8 Å². The van der Waals surface area contributed by atoms with E-state index in [-0.39, 0.29) is 17.2 Å². The Balaban J connectivity index is 2.96. The van der Waals surface area contributed by atoms with Gasteiger partial charge in [-0.3, -0.25) is 4.90 Å². The number of allylic oxidation sites excluding steroid dienone is 1. The summed E-state index contributed by atoms with van der Waals surface area (Å²) >= 11 is 0. The lowest BCUT2D eigenvalue weighted by Crippen LogP contribution is -2.62. The molecular weight excluding hydrogens is 210 g/mol. The van der Waals surface area contributed by atoms with E-state index in [4.69, 9.17) is 0 Å². The van der Waals surface area contributed by atoms with Crippen LogP contribution in [0, 0.1) is 0 Å². The van der Waals surface area contributed by atoms with Gasteiger partial charge in [-0.2, -0.15) is 0 Å². The van der Waals surface area contributed by atoms with E-state index in [1.165, 1.54) is 5.57 Å². The van der Waals surface area contributed by atoms with Gasteiger partial charge in [-0.05, 0) is 53.9 Å². The molecule has 0 saturated carbocycles. The Labute approximate surface area is 107 Å². The van der Waals surface area contributed by atoms with Crippen molar-refractivity contribution in [1.82, 2.24) is 4.90 Å². The van der Waals surface area contributed by atoms with Gasteiger partial charge in [0, 0.05) is 17.6 Å². The van der Waals surface area contributed by atoms with Gasteiger partial charge >= 0.3 is 0 Å². The van der Waals surface area contributed by atoms with E-state index in [2.05, 4.69) is 52.5 Å². The van der Waals surface area contributed by atoms with Crippen molar-refractivity contribution in [3.05, 3.63) is 11.6 Å². The number of hydrogen-bond donors (Lipinski definition) is 1. The van der Waals surface area contributed by atoms with Crippen LogP contribution in [-0.4, -0.2) is 33.7 Å². The second-order valence-electron chi connectivity index (χ2n) is 6.62. The van der Waals surface area contributed by atoms with E-state index in [1.807, 2.05) is 0 Å². The summed E-state index contributed by atoms with van der Waals surface area (Å²) < 4.78 is 0. The van der Waals surface area contributed by atoms with Crippen LogP contribution < -0.4 is 0 Å². The van der Waals surface area contributed by atoms with E-state index in [9.17, 15) is 5.11 Å². The molecule has 100 valence electrons. The summed E-state index contributed by atoms with van der Waals surface area (Å²) in [6, 6.07) is 0. The second-order valence-corrected chi connectivity index (χ2v) is 6.62. The Morgan fingerprint density at radius 3 is 2.35 bits per heavy atom. The lowest BCUT2D eigenvalue weighted by atomic mass is 9.76. The average molecular weight is 239 g/mol. The fraction of sp³-hybridized carbons (Fsp3) is 0.867. The lowest BCUT2D eigenvalue weighted by molar-refractivity contribution is -0.0834. The minimum atomic E-state index is -0.155. The largest absolute Gasteiger partial charge is 0.393 e. The van der Waals surface area contributed by atoms with Crippen molar-refractivity contribution in [2.45, 2.75) is 78.0 Å². The molecule has 2 nitrogen and oxygen atoms in total. The lowest BCUT2D eigenvalue weighted by Gasteiger charge is -2.55. The molecule has 0 bridgehead atoms. The van der Waals surface area contributed by atoms with Gasteiger partial charge < -0.3 is 5.11 Å². The van der Waals surface area contributed by atoms with Gasteiger partial charge in [0.25, 0.3) is 0 Å². The summed E-state index contributed by atoms with van der Waals surface area (Å²) in [6.45, 7) is 14.3. The van der Waals surface area contributed by atoms with Gasteiger partial charge in [-0.1, -0.05) is 18.6 Å². The van der Waals surface area contributed by atoms with Crippen LogP contribution in [0.15, 0.2) is 11.6 Å². The molecule has 1 heterocycles. The van der Waals surface area contributed by atoms with Crippen molar-refractivity contribution >= 4 is 0 Å². The highest BCUT2D eigenvalue weighted by molar-refractivity contribution is 5.06. The Bertz CT molecular complexity index is 291. The van der Waals surface area contributed by atoms with Crippen molar-refractivity contribution < 1.29 is 5.11 Å². The molecule has 0 aliphatic carbocycles. The molecule has 0 amide bonds. The normalized spacial score (nSPS) is 33.5. The zero-order valence-electron chi connectivity index (χ0n) is 12.4. The quantitative estimate of drug-likeness (QED) is 0.763.